The molecule has 3 N–H and O–H groups in total. The summed E-state index contributed by atoms with van der Waals surface area (Å²) in [6.45, 7) is 8.32. The maximum absolute atomic E-state index is 14.0. The molecule has 2 aromatic rings. The van der Waals surface area contributed by atoms with Crippen LogP contribution in [0.2, 0.25) is 0 Å². The number of rotatable bonds is 15. The number of carbonyl (C=O) groups is 2. The number of aliphatic hydroxyl groups excluding tert-OH is 1. The van der Waals surface area contributed by atoms with Gasteiger partial charge in [-0.3, -0.25) is 4.79 Å². The van der Waals surface area contributed by atoms with Crippen molar-refractivity contribution in [1.82, 2.24) is 0 Å². The molecular formula is C54H74O7. The van der Waals surface area contributed by atoms with Gasteiger partial charge in [-0.1, -0.05) is 100 Å². The molecule has 2 aromatic carbocycles. The molecule has 1 aliphatic heterocycles. The Morgan fingerprint density at radius 3 is 2.16 bits per heavy atom. The number of carbonyl (C=O) groups excluding carboxylic acids is 2. The van der Waals surface area contributed by atoms with E-state index in [1.54, 1.807) is 0 Å². The molecule has 6 aliphatic rings. The lowest BCUT2D eigenvalue weighted by Gasteiger charge is -2.76. The molecule has 8 rings (SSSR count). The highest BCUT2D eigenvalue weighted by Gasteiger charge is 2.81. The van der Waals surface area contributed by atoms with Crippen LogP contribution in [0.25, 0.3) is 0 Å². The molecule has 0 saturated heterocycles. The second kappa shape index (κ2) is 17.4. The average molecular weight is 835 g/mol. The van der Waals surface area contributed by atoms with E-state index >= 15 is 0 Å². The summed E-state index contributed by atoms with van der Waals surface area (Å²) in [5.41, 5.74) is -2.01. The Balaban J connectivity index is 1.11. The van der Waals surface area contributed by atoms with Crippen LogP contribution in [0.4, 0.5) is 0 Å². The highest BCUT2D eigenvalue weighted by molar-refractivity contribution is 5.85. The first-order valence-electron chi connectivity index (χ1n) is 24.1. The number of aliphatic hydroxyl groups is 3. The Labute approximate surface area is 365 Å². The zero-order chi connectivity index (χ0) is 43.1. The molecule has 7 heteroatoms. The van der Waals surface area contributed by atoms with Crippen LogP contribution in [0.5, 0.6) is 0 Å². The van der Waals surface area contributed by atoms with Gasteiger partial charge in [0.15, 0.2) is 0 Å². The molecule has 4 fully saturated rings. The van der Waals surface area contributed by atoms with Crippen molar-refractivity contribution in [3.8, 4) is 0 Å². The summed E-state index contributed by atoms with van der Waals surface area (Å²) in [5, 5.41) is 40.7. The predicted molar refractivity (Wildman–Crippen MR) is 239 cm³/mol. The lowest BCUT2D eigenvalue weighted by molar-refractivity contribution is -0.362. The minimum absolute atomic E-state index is 0.190. The number of hydrogen-bond donors (Lipinski definition) is 3. The molecule has 2 bridgehead atoms. The van der Waals surface area contributed by atoms with Crippen molar-refractivity contribution in [1.29, 1.82) is 0 Å². The molecule has 332 valence electrons. The largest absolute Gasteiger partial charge is 0.462 e. The molecule has 10 unspecified atom stereocenters. The molecule has 0 aromatic heterocycles. The van der Waals surface area contributed by atoms with E-state index in [0.717, 1.165) is 62.9 Å². The summed E-state index contributed by atoms with van der Waals surface area (Å²) in [6.07, 6.45) is 21.0. The number of aryl methyl sites for hydroxylation is 2. The fraction of sp³-hybridized carbons (Fsp3) is 0.667. The van der Waals surface area contributed by atoms with Crippen LogP contribution in [0.3, 0.4) is 0 Å². The molecule has 4 saturated carbocycles. The van der Waals surface area contributed by atoms with Gasteiger partial charge in [-0.15, -0.1) is 0 Å². The highest BCUT2D eigenvalue weighted by Crippen LogP contribution is 2.76. The van der Waals surface area contributed by atoms with Crippen molar-refractivity contribution < 1.29 is 34.4 Å². The maximum Gasteiger partial charge on any atom is 0.331 e. The number of cyclic esters (lactones) is 1. The van der Waals surface area contributed by atoms with Crippen LogP contribution in [-0.4, -0.2) is 57.3 Å². The van der Waals surface area contributed by atoms with Gasteiger partial charge in [0.05, 0.1) is 22.7 Å². The van der Waals surface area contributed by atoms with Crippen molar-refractivity contribution in [2.75, 3.05) is 6.61 Å². The van der Waals surface area contributed by atoms with E-state index in [4.69, 9.17) is 9.47 Å². The Bertz CT molecular complexity index is 1920. The van der Waals surface area contributed by atoms with Gasteiger partial charge in [0.1, 0.15) is 12.7 Å². The first-order valence-corrected chi connectivity index (χ1v) is 24.1. The Hall–Kier alpha value is -3.26. The summed E-state index contributed by atoms with van der Waals surface area (Å²) in [4.78, 5) is 25.4. The van der Waals surface area contributed by atoms with Crippen LogP contribution in [0.1, 0.15) is 148 Å². The van der Waals surface area contributed by atoms with Gasteiger partial charge in [-0.2, -0.15) is 0 Å². The van der Waals surface area contributed by atoms with Crippen molar-refractivity contribution in [3.63, 3.8) is 0 Å². The summed E-state index contributed by atoms with van der Waals surface area (Å²) in [7, 11) is 0. The van der Waals surface area contributed by atoms with Crippen LogP contribution < -0.4 is 0 Å². The van der Waals surface area contributed by atoms with Crippen LogP contribution in [0.15, 0.2) is 84.5 Å². The van der Waals surface area contributed by atoms with Crippen molar-refractivity contribution in [2.24, 2.45) is 45.3 Å². The van der Waals surface area contributed by atoms with Crippen molar-refractivity contribution >= 4 is 11.9 Å². The molecule has 0 amide bonds. The zero-order valence-corrected chi connectivity index (χ0v) is 37.6. The van der Waals surface area contributed by atoms with Gasteiger partial charge < -0.3 is 24.8 Å². The lowest BCUT2D eigenvalue weighted by atomic mass is 9.31. The van der Waals surface area contributed by atoms with E-state index < -0.39 is 45.6 Å². The predicted octanol–water partition coefficient (Wildman–Crippen LogP) is 10.4. The third-order valence-electron chi connectivity index (χ3n) is 18.1. The summed E-state index contributed by atoms with van der Waals surface area (Å²) >= 11 is 0. The number of fused-ring (bicyclic) bond motifs is 1. The minimum atomic E-state index is -1.58. The zero-order valence-electron chi connectivity index (χ0n) is 37.6. The van der Waals surface area contributed by atoms with E-state index in [2.05, 4.69) is 68.4 Å². The van der Waals surface area contributed by atoms with E-state index in [0.29, 0.717) is 37.0 Å². The molecule has 1 heterocycles. The van der Waals surface area contributed by atoms with E-state index in [9.17, 15) is 24.9 Å². The summed E-state index contributed by atoms with van der Waals surface area (Å²) in [6, 6.07) is 21.5. The topological polar surface area (TPSA) is 113 Å². The minimum Gasteiger partial charge on any atom is -0.462 e. The standard InChI is InChI=1S/C54H74O7/c1-38(12-11-17-40-13-7-5-8-14-40)20-30-52(58)33-32-49(3)36-45(61-39(2)55)48-50(4,26-25-46(56)54(48,52)53(49,59)31-22-43-34-47(57)60-37-43)44-23-28-51(29-24-44)27-21-42(35-51)19-18-41-15-9-6-10-16-41/h5-10,13-16,32-34,38,42,44-46,48,56,58-59H,11-12,17-31,35-37H2,1-4H3. The number of ether oxygens (including phenoxy) is 2. The van der Waals surface area contributed by atoms with E-state index in [1.807, 2.05) is 25.1 Å². The molecule has 7 nitrogen and oxygen atoms in total. The molecule has 61 heavy (non-hydrogen) atoms. The summed E-state index contributed by atoms with van der Waals surface area (Å²) in [5.74, 6) is 0.118. The maximum atomic E-state index is 14.0. The van der Waals surface area contributed by atoms with E-state index in [1.165, 1.54) is 62.7 Å². The van der Waals surface area contributed by atoms with Crippen LogP contribution in [0, 0.1) is 45.3 Å². The Kier molecular flexibility index (Phi) is 12.6. The van der Waals surface area contributed by atoms with Crippen LogP contribution in [-0.2, 0) is 31.9 Å². The number of esters is 2. The van der Waals surface area contributed by atoms with E-state index in [-0.39, 0.29) is 30.9 Å². The number of benzene rings is 2. The van der Waals surface area contributed by atoms with Gasteiger partial charge in [-0.25, -0.2) is 4.79 Å². The quantitative estimate of drug-likeness (QED) is 0.121. The molecule has 2 spiro atoms. The highest BCUT2D eigenvalue weighted by atomic mass is 16.5. The first-order chi connectivity index (χ1) is 29.1. The third kappa shape index (κ3) is 8.12. The first kappa shape index (κ1) is 44.4. The smallest absolute Gasteiger partial charge is 0.331 e. The Morgan fingerprint density at radius 1 is 0.836 bits per heavy atom. The van der Waals surface area contributed by atoms with Gasteiger partial charge in [-0.05, 0) is 161 Å². The number of hydrogen-bond acceptors (Lipinski definition) is 7. The summed E-state index contributed by atoms with van der Waals surface area (Å²) < 4.78 is 11.8. The van der Waals surface area contributed by atoms with Crippen molar-refractivity contribution in [2.45, 2.75) is 173 Å². The van der Waals surface area contributed by atoms with Gasteiger partial charge in [0, 0.05) is 24.3 Å². The van der Waals surface area contributed by atoms with Gasteiger partial charge >= 0.3 is 11.9 Å². The average Bonchev–Trinajstić information content (AvgIpc) is 3.86. The monoisotopic (exact) mass is 835 g/mol. The molecule has 5 aliphatic carbocycles. The SMILES string of the molecule is CC(=O)OC1CC2(C)C=CC(O)(CCC(C)CCCc3ccccc3)C3(C(O)CCC(C)(C4CCC5(CCC(CCc6ccccc6)C5)CC4)C13)C2(O)CCC1=CC(=O)OC1. The fourth-order valence-corrected chi connectivity index (χ4v) is 14.9. The van der Waals surface area contributed by atoms with Crippen molar-refractivity contribution in [3.05, 3.63) is 95.6 Å². The van der Waals surface area contributed by atoms with Gasteiger partial charge in [0.2, 0.25) is 0 Å². The molecular weight excluding hydrogens is 761 g/mol. The Morgan fingerprint density at radius 2 is 1.51 bits per heavy atom. The van der Waals surface area contributed by atoms with Gasteiger partial charge in [0.25, 0.3) is 0 Å². The van der Waals surface area contributed by atoms with Crippen LogP contribution >= 0.6 is 0 Å². The molecule has 10 atom stereocenters. The molecule has 0 radical (unpaired) electrons. The third-order valence-corrected chi connectivity index (χ3v) is 18.1. The second-order valence-corrected chi connectivity index (χ2v) is 21.6. The lowest BCUT2D eigenvalue weighted by Crippen LogP contribution is -2.83. The normalized spacial score (nSPS) is 39.7. The second-order valence-electron chi connectivity index (χ2n) is 21.6. The fourth-order valence-electron chi connectivity index (χ4n) is 14.9.